The predicted molar refractivity (Wildman–Crippen MR) is 384 cm³/mol. The van der Waals surface area contributed by atoms with E-state index >= 15 is 0 Å². The normalized spacial score (nSPS) is 12.8. The van der Waals surface area contributed by atoms with E-state index in [4.69, 9.17) is 4.74 Å². The van der Waals surface area contributed by atoms with Crippen LogP contribution in [0.1, 0.15) is 214 Å². The van der Waals surface area contributed by atoms with E-state index in [2.05, 4.69) is 119 Å². The van der Waals surface area contributed by atoms with E-state index in [1.165, 1.54) is 184 Å². The fourth-order valence-corrected chi connectivity index (χ4v) is 20.2. The number of anilines is 2. The number of carbonyl (C=O) groups excluding carboxylic acids is 1. The molecule has 7 heterocycles. The largest absolute Gasteiger partial charge is 0.477 e. The molecule has 0 spiro atoms. The third-order valence-corrected chi connectivity index (χ3v) is 25.1. The first kappa shape index (κ1) is 67.7. The van der Waals surface area contributed by atoms with Crippen molar-refractivity contribution >= 4 is 103 Å². The third-order valence-electron chi connectivity index (χ3n) is 17.4. The molecular formula is C75H91N3O5S6. The van der Waals surface area contributed by atoms with Crippen molar-refractivity contribution in [1.82, 2.24) is 4.57 Å². The molecule has 6 aromatic heterocycles. The number of hydrogen-bond donors (Lipinski definition) is 1. The summed E-state index contributed by atoms with van der Waals surface area (Å²) in [6, 6.07) is 30.6. The number of benzene rings is 2. The first-order valence-corrected chi connectivity index (χ1v) is 38.2. The minimum atomic E-state index is -1.44. The molecule has 1 N–H and O–H groups in total. The van der Waals surface area contributed by atoms with E-state index in [0.717, 1.165) is 116 Å². The van der Waals surface area contributed by atoms with Crippen molar-refractivity contribution in [3.63, 3.8) is 0 Å². The van der Waals surface area contributed by atoms with Crippen LogP contribution in [0.3, 0.4) is 0 Å². The van der Waals surface area contributed by atoms with Crippen molar-refractivity contribution in [2.45, 2.75) is 222 Å². The van der Waals surface area contributed by atoms with Crippen molar-refractivity contribution in [1.29, 1.82) is 5.26 Å². The Hall–Kier alpha value is -5.66. The van der Waals surface area contributed by atoms with Gasteiger partial charge < -0.3 is 14.7 Å². The number of thiazole rings is 1. The number of aliphatic carboxylic acids is 1. The second kappa shape index (κ2) is 34.1. The minimum absolute atomic E-state index is 0.0460. The quantitative estimate of drug-likeness (QED) is 0.0307. The highest BCUT2D eigenvalue weighted by Gasteiger charge is 2.26. The Morgan fingerprint density at radius 1 is 0.539 bits per heavy atom. The Morgan fingerprint density at radius 3 is 1.45 bits per heavy atom. The fraction of sp³-hybridized carbons (Fsp3) is 0.467. The molecular weight excluding hydrogens is 1220 g/mol. The average Bonchev–Trinajstić information content (AvgIpc) is 1.69. The van der Waals surface area contributed by atoms with Gasteiger partial charge in [0, 0.05) is 66.7 Å². The number of hydrogen-bond acceptors (Lipinski definition) is 12. The second-order valence-electron chi connectivity index (χ2n) is 24.0. The summed E-state index contributed by atoms with van der Waals surface area (Å²) in [6.45, 7) is 14.4. The summed E-state index contributed by atoms with van der Waals surface area (Å²) in [5, 5.41) is 19.9. The van der Waals surface area contributed by atoms with Gasteiger partial charge in [0.05, 0.1) is 4.53 Å². The van der Waals surface area contributed by atoms with E-state index in [1.54, 1.807) is 17.4 Å². The number of nitrogens with zero attached hydrogens (tertiary/aromatic N) is 3. The van der Waals surface area contributed by atoms with E-state index in [9.17, 15) is 24.8 Å². The number of fused-ring (bicyclic) bond motifs is 2. The monoisotopic (exact) mass is 1310 g/mol. The van der Waals surface area contributed by atoms with Gasteiger partial charge in [0.25, 0.3) is 12.0 Å². The first-order chi connectivity index (χ1) is 43.6. The Kier molecular flexibility index (Phi) is 26.0. The molecule has 0 saturated carbocycles. The molecule has 0 radical (unpaired) electrons. The summed E-state index contributed by atoms with van der Waals surface area (Å²) in [4.78, 5) is 53.4. The highest BCUT2D eigenvalue weighted by atomic mass is 32.1. The van der Waals surface area contributed by atoms with Crippen LogP contribution < -0.4 is 19.7 Å². The number of aromatic nitrogens is 1. The van der Waals surface area contributed by atoms with Gasteiger partial charge in [-0.1, -0.05) is 155 Å². The highest BCUT2D eigenvalue weighted by molar-refractivity contribution is 7.30. The Balaban J connectivity index is 1.16. The molecule has 89 heavy (non-hydrogen) atoms. The van der Waals surface area contributed by atoms with Gasteiger partial charge in [0.2, 0.25) is 0 Å². The molecule has 14 heteroatoms. The van der Waals surface area contributed by atoms with Crippen LogP contribution in [0.4, 0.5) is 11.4 Å². The lowest BCUT2D eigenvalue weighted by Crippen LogP contribution is -2.33. The molecule has 8 nitrogen and oxygen atoms in total. The van der Waals surface area contributed by atoms with Crippen LogP contribution >= 0.6 is 68.0 Å². The van der Waals surface area contributed by atoms with Crippen molar-refractivity contribution in [2.75, 3.05) is 11.4 Å². The molecule has 0 fully saturated rings. The summed E-state index contributed by atoms with van der Waals surface area (Å²) >= 11 is 10.6. The number of carboxylic acid groups (broad SMARTS) is 1. The van der Waals surface area contributed by atoms with Gasteiger partial charge in [0.1, 0.15) is 10.7 Å². The summed E-state index contributed by atoms with van der Waals surface area (Å²) in [5.74, 6) is -1.44. The Labute approximate surface area is 553 Å². The molecule has 0 unspecified atom stereocenters. The molecule has 9 rings (SSSR count). The topological polar surface area (TPSA) is 113 Å². The van der Waals surface area contributed by atoms with Gasteiger partial charge in [-0.3, -0.25) is 14.2 Å². The zero-order valence-corrected chi connectivity index (χ0v) is 58.4. The SMILES string of the molecule is CCCCCCc1cc(-c2sc(-c3sc(-c4sc(-c5sc(-c6ccc7c(c6)CCc6ccccc6N7CC)cc5CCCCCC)cc4CCCCCC)cc3CCCCCC)cc2CCCCCC)sc1/C=c1/s/c(=C(\C#N)C(=O)O)n(COC=O)c1=O. The van der Waals surface area contributed by atoms with E-state index in [1.807, 2.05) is 51.4 Å². The van der Waals surface area contributed by atoms with Crippen molar-refractivity contribution in [2.24, 2.45) is 0 Å². The summed E-state index contributed by atoms with van der Waals surface area (Å²) in [7, 11) is 0. The second-order valence-corrected chi connectivity index (χ2v) is 30.3. The molecule has 8 aromatic rings. The molecule has 0 amide bonds. The Bertz CT molecular complexity index is 3870. The lowest BCUT2D eigenvalue weighted by Gasteiger charge is -2.25. The summed E-state index contributed by atoms with van der Waals surface area (Å²) < 4.78 is 6.31. The van der Waals surface area contributed by atoms with Crippen molar-refractivity contribution in [3.05, 3.63) is 136 Å². The van der Waals surface area contributed by atoms with E-state index < -0.39 is 23.8 Å². The molecule has 0 aliphatic carbocycles. The van der Waals surface area contributed by atoms with Crippen LogP contribution in [0.5, 0.6) is 0 Å². The first-order valence-electron chi connectivity index (χ1n) is 33.3. The number of carboxylic acids is 1. The van der Waals surface area contributed by atoms with Crippen molar-refractivity contribution < 1.29 is 19.4 Å². The van der Waals surface area contributed by atoms with Crippen molar-refractivity contribution in [3.8, 4) is 55.5 Å². The maximum Gasteiger partial charge on any atom is 0.349 e. The van der Waals surface area contributed by atoms with Gasteiger partial charge in [0.15, 0.2) is 12.3 Å². The van der Waals surface area contributed by atoms with E-state index in [0.29, 0.717) is 4.53 Å². The van der Waals surface area contributed by atoms with E-state index in [-0.39, 0.29) is 11.1 Å². The average molecular weight is 1310 g/mol. The molecule has 2 aromatic carbocycles. The van der Waals surface area contributed by atoms with Crippen LogP contribution in [0.2, 0.25) is 0 Å². The van der Waals surface area contributed by atoms with Crippen LogP contribution in [-0.2, 0) is 66.0 Å². The molecule has 0 atom stereocenters. The Morgan fingerprint density at radius 2 is 0.978 bits per heavy atom. The fourth-order valence-electron chi connectivity index (χ4n) is 12.5. The molecule has 0 saturated heterocycles. The molecule has 1 aliphatic rings. The molecule has 1 aliphatic heterocycles. The van der Waals surface area contributed by atoms with Crippen LogP contribution in [0.25, 0.3) is 61.1 Å². The number of carbonyl (C=O) groups is 2. The standard InChI is InChI=1S/C75H91N3O5S6/c1-7-13-18-23-31-53-42-64(84-63(53)47-68-73(80)78(49-83-50-79)74(89-68)59(48-76)75(81)82)69-56(33-25-20-15-9-3)44-66(86-69)71-58(35-27-22-17-11-5)46-67(88-71)72-57(34-26-21-16-10-4)45-65(87-72)70-55(32-24-19-14-8-2)43-62(85-70)54-39-40-61-52(41-54)38-37-51-30-28-29-36-60(51)77(61)12-6/h28-30,36,39-47,50H,7-27,31-35,37-38,49H2,1-6H3,(H,81,82)/b68-47+,74-59+. The zero-order valence-electron chi connectivity index (χ0n) is 53.5. The van der Waals surface area contributed by atoms with Crippen LogP contribution in [0, 0.1) is 11.3 Å². The minimum Gasteiger partial charge on any atom is -0.477 e. The summed E-state index contributed by atoms with van der Waals surface area (Å²) in [6.07, 6.45) is 32.6. The van der Waals surface area contributed by atoms with Gasteiger partial charge in [-0.25, -0.2) is 4.79 Å². The van der Waals surface area contributed by atoms with Crippen LogP contribution in [0.15, 0.2) is 77.6 Å². The van der Waals surface area contributed by atoms with Gasteiger partial charge in [-0.15, -0.1) is 68.0 Å². The van der Waals surface area contributed by atoms with Gasteiger partial charge >= 0.3 is 5.97 Å². The zero-order chi connectivity index (χ0) is 62.7. The number of aryl methyl sites for hydroxylation is 7. The smallest absolute Gasteiger partial charge is 0.349 e. The highest BCUT2D eigenvalue weighted by Crippen LogP contribution is 2.52. The lowest BCUT2D eigenvalue weighted by atomic mass is 10.0. The van der Waals surface area contributed by atoms with Crippen LogP contribution in [-0.4, -0.2) is 28.7 Å². The number of nitriles is 1. The lowest BCUT2D eigenvalue weighted by molar-refractivity contribution is -0.132. The number of rotatable bonds is 36. The maximum atomic E-state index is 14.1. The molecule has 0 bridgehead atoms. The maximum absolute atomic E-state index is 14.1. The number of ether oxygens (including phenoxy) is 1. The van der Waals surface area contributed by atoms with Gasteiger partial charge in [-0.2, -0.15) is 5.26 Å². The summed E-state index contributed by atoms with van der Waals surface area (Å²) in [5.41, 5.74) is 12.8. The predicted octanol–water partition coefficient (Wildman–Crippen LogP) is 21.1. The number of para-hydroxylation sites is 1. The third kappa shape index (κ3) is 16.9. The molecule has 472 valence electrons. The van der Waals surface area contributed by atoms with Gasteiger partial charge in [-0.05, 0) is 183 Å². The number of thiophene rings is 5. The number of unbranched alkanes of at least 4 members (excludes halogenated alkanes) is 15.